The number of fused-ring (bicyclic) bond motifs is 1. The van der Waals surface area contributed by atoms with Crippen LogP contribution in [0.4, 0.5) is 5.69 Å². The molecule has 0 aromatic heterocycles. The van der Waals surface area contributed by atoms with Gasteiger partial charge in [-0.05, 0) is 30.7 Å². The zero-order valence-electron chi connectivity index (χ0n) is 14.1. The Hall–Kier alpha value is -2.53. The fourth-order valence-corrected chi connectivity index (χ4v) is 2.91. The summed E-state index contributed by atoms with van der Waals surface area (Å²) in [5, 5.41) is 0.486. The molecule has 0 bridgehead atoms. The van der Waals surface area contributed by atoms with Crippen LogP contribution in [0.25, 0.3) is 0 Å². The molecule has 5 nitrogen and oxygen atoms in total. The van der Waals surface area contributed by atoms with Gasteiger partial charge in [0.25, 0.3) is 5.91 Å². The number of halogens is 1. The van der Waals surface area contributed by atoms with Crippen molar-refractivity contribution in [3.05, 3.63) is 59.1 Å². The average Bonchev–Trinajstić information content (AvgIpc) is 2.60. The van der Waals surface area contributed by atoms with E-state index in [2.05, 4.69) is 0 Å². The molecule has 0 fully saturated rings. The highest BCUT2D eigenvalue weighted by Crippen LogP contribution is 2.36. The number of rotatable bonds is 4. The average molecular weight is 359 g/mol. The number of carbonyl (C=O) groups is 2. The van der Waals surface area contributed by atoms with E-state index in [1.165, 1.54) is 4.90 Å². The third-order valence-electron chi connectivity index (χ3n) is 4.11. The van der Waals surface area contributed by atoms with Gasteiger partial charge >= 0.3 is 0 Å². The van der Waals surface area contributed by atoms with Crippen LogP contribution in [-0.2, 0) is 16.1 Å². The van der Waals surface area contributed by atoms with Crippen LogP contribution >= 0.6 is 11.6 Å². The van der Waals surface area contributed by atoms with Gasteiger partial charge in [0.05, 0.1) is 5.69 Å². The monoisotopic (exact) mass is 358 g/mol. The number of likely N-dealkylation sites (N-methyl/N-ethyl adjacent to an activating group) is 1. The number of benzene rings is 2. The van der Waals surface area contributed by atoms with Gasteiger partial charge in [-0.25, -0.2) is 0 Å². The lowest BCUT2D eigenvalue weighted by molar-refractivity contribution is -0.132. The molecule has 1 aliphatic rings. The van der Waals surface area contributed by atoms with Gasteiger partial charge in [-0.1, -0.05) is 41.9 Å². The maximum Gasteiger partial charge on any atom is 0.268 e. The summed E-state index contributed by atoms with van der Waals surface area (Å²) in [6.07, 6.45) is -0.638. The van der Waals surface area contributed by atoms with E-state index in [-0.39, 0.29) is 18.4 Å². The van der Waals surface area contributed by atoms with Crippen molar-refractivity contribution < 1.29 is 14.3 Å². The lowest BCUT2D eigenvalue weighted by Crippen LogP contribution is -2.49. The van der Waals surface area contributed by atoms with Crippen molar-refractivity contribution >= 4 is 29.1 Å². The van der Waals surface area contributed by atoms with Gasteiger partial charge in [0.2, 0.25) is 5.91 Å². The second-order valence-electron chi connectivity index (χ2n) is 6.03. The standard InChI is InChI=1S/C19H19ClN2O3/c1-13-19(24)22(16-10-15(20)8-9-17(16)25-13)12-18(23)21(2)11-14-6-4-3-5-7-14/h3-10,13H,11-12H2,1-2H3. The predicted octanol–water partition coefficient (Wildman–Crippen LogP) is 3.11. The Morgan fingerprint density at radius 2 is 1.96 bits per heavy atom. The van der Waals surface area contributed by atoms with Gasteiger partial charge in [0.1, 0.15) is 12.3 Å². The van der Waals surface area contributed by atoms with Crippen molar-refractivity contribution in [2.75, 3.05) is 18.5 Å². The molecule has 2 aromatic rings. The maximum absolute atomic E-state index is 12.6. The number of amides is 2. The van der Waals surface area contributed by atoms with E-state index < -0.39 is 6.10 Å². The molecule has 0 N–H and O–H groups in total. The number of nitrogens with zero attached hydrogens (tertiary/aromatic N) is 2. The summed E-state index contributed by atoms with van der Waals surface area (Å²) < 4.78 is 5.59. The van der Waals surface area contributed by atoms with Crippen LogP contribution in [-0.4, -0.2) is 36.4 Å². The molecular weight excluding hydrogens is 340 g/mol. The summed E-state index contributed by atoms with van der Waals surface area (Å²) in [5.74, 6) is 0.142. The van der Waals surface area contributed by atoms with Crippen LogP contribution in [0.15, 0.2) is 48.5 Å². The first kappa shape index (κ1) is 17.3. The van der Waals surface area contributed by atoms with Crippen molar-refractivity contribution in [3.8, 4) is 5.75 Å². The Kier molecular flexibility index (Phi) is 4.95. The molecule has 1 atom stereocenters. The highest BCUT2D eigenvalue weighted by Gasteiger charge is 2.33. The first-order valence-corrected chi connectivity index (χ1v) is 8.39. The highest BCUT2D eigenvalue weighted by molar-refractivity contribution is 6.31. The Balaban J connectivity index is 1.78. The number of ether oxygens (including phenoxy) is 1. The van der Waals surface area contributed by atoms with Crippen LogP contribution in [0.5, 0.6) is 5.75 Å². The number of hydrogen-bond acceptors (Lipinski definition) is 3. The largest absolute Gasteiger partial charge is 0.479 e. The molecule has 0 radical (unpaired) electrons. The maximum atomic E-state index is 12.6. The fraction of sp³-hybridized carbons (Fsp3) is 0.263. The smallest absolute Gasteiger partial charge is 0.268 e. The fourth-order valence-electron chi connectivity index (χ4n) is 2.74. The minimum Gasteiger partial charge on any atom is -0.479 e. The topological polar surface area (TPSA) is 49.9 Å². The van der Waals surface area contributed by atoms with Crippen molar-refractivity contribution in [3.63, 3.8) is 0 Å². The third kappa shape index (κ3) is 3.77. The Bertz CT molecular complexity index is 795. The molecule has 6 heteroatoms. The van der Waals surface area contributed by atoms with Gasteiger partial charge in [-0.2, -0.15) is 0 Å². The first-order valence-electron chi connectivity index (χ1n) is 8.01. The molecule has 25 heavy (non-hydrogen) atoms. The van der Waals surface area contributed by atoms with E-state index in [4.69, 9.17) is 16.3 Å². The molecule has 0 spiro atoms. The lowest BCUT2D eigenvalue weighted by atomic mass is 10.1. The SMILES string of the molecule is CC1Oc2ccc(Cl)cc2N(CC(=O)N(C)Cc2ccccc2)C1=O. The third-order valence-corrected chi connectivity index (χ3v) is 4.35. The predicted molar refractivity (Wildman–Crippen MR) is 96.8 cm³/mol. The molecule has 0 aliphatic carbocycles. The van der Waals surface area contributed by atoms with Crippen molar-refractivity contribution in [1.82, 2.24) is 4.90 Å². The Labute approximate surface area is 151 Å². The second kappa shape index (κ2) is 7.15. The van der Waals surface area contributed by atoms with Crippen LogP contribution in [0.1, 0.15) is 12.5 Å². The summed E-state index contributed by atoms with van der Waals surface area (Å²) in [6, 6.07) is 14.8. The van der Waals surface area contributed by atoms with Crippen molar-refractivity contribution in [2.45, 2.75) is 19.6 Å². The molecule has 1 aliphatic heterocycles. The van der Waals surface area contributed by atoms with Gasteiger partial charge in [-0.3, -0.25) is 14.5 Å². The molecule has 2 aromatic carbocycles. The molecule has 0 saturated heterocycles. The van der Waals surface area contributed by atoms with Crippen molar-refractivity contribution in [2.24, 2.45) is 0 Å². The molecule has 1 unspecified atom stereocenters. The number of anilines is 1. The summed E-state index contributed by atoms with van der Waals surface area (Å²) in [5.41, 5.74) is 1.56. The zero-order chi connectivity index (χ0) is 18.0. The second-order valence-corrected chi connectivity index (χ2v) is 6.47. The van der Waals surface area contributed by atoms with E-state index in [1.54, 1.807) is 37.1 Å². The molecule has 2 amide bonds. The van der Waals surface area contributed by atoms with E-state index in [1.807, 2.05) is 30.3 Å². The van der Waals surface area contributed by atoms with E-state index in [0.717, 1.165) is 5.56 Å². The zero-order valence-corrected chi connectivity index (χ0v) is 14.9. The molecular formula is C19H19ClN2O3. The molecule has 130 valence electrons. The van der Waals surface area contributed by atoms with Crippen LogP contribution in [0, 0.1) is 0 Å². The van der Waals surface area contributed by atoms with Gasteiger partial charge in [0.15, 0.2) is 6.10 Å². The molecule has 3 rings (SSSR count). The van der Waals surface area contributed by atoms with Crippen molar-refractivity contribution in [1.29, 1.82) is 0 Å². The molecule has 0 saturated carbocycles. The number of carbonyl (C=O) groups excluding carboxylic acids is 2. The quantitative estimate of drug-likeness (QED) is 0.843. The van der Waals surface area contributed by atoms with Gasteiger partial charge in [0, 0.05) is 18.6 Å². The Morgan fingerprint density at radius 3 is 2.68 bits per heavy atom. The summed E-state index contributed by atoms with van der Waals surface area (Å²) in [7, 11) is 1.72. The van der Waals surface area contributed by atoms with E-state index >= 15 is 0 Å². The van der Waals surface area contributed by atoms with Crippen LogP contribution in [0.3, 0.4) is 0 Å². The minimum atomic E-state index is -0.638. The van der Waals surface area contributed by atoms with Gasteiger partial charge < -0.3 is 9.64 Å². The normalized spacial score (nSPS) is 16.2. The van der Waals surface area contributed by atoms with Crippen LogP contribution < -0.4 is 9.64 Å². The van der Waals surface area contributed by atoms with E-state index in [9.17, 15) is 9.59 Å². The number of hydrogen-bond donors (Lipinski definition) is 0. The summed E-state index contributed by atoms with van der Waals surface area (Å²) >= 11 is 6.04. The molecule has 1 heterocycles. The van der Waals surface area contributed by atoms with E-state index in [0.29, 0.717) is 23.0 Å². The lowest BCUT2D eigenvalue weighted by Gasteiger charge is -2.33. The minimum absolute atomic E-state index is 0.0524. The first-order chi connectivity index (χ1) is 12.0. The summed E-state index contributed by atoms with van der Waals surface area (Å²) in [6.45, 7) is 2.10. The summed E-state index contributed by atoms with van der Waals surface area (Å²) in [4.78, 5) is 28.2. The van der Waals surface area contributed by atoms with Gasteiger partial charge in [-0.15, -0.1) is 0 Å². The Morgan fingerprint density at radius 1 is 1.24 bits per heavy atom. The van der Waals surface area contributed by atoms with Crippen LogP contribution in [0.2, 0.25) is 5.02 Å². The highest BCUT2D eigenvalue weighted by atomic mass is 35.5.